The van der Waals surface area contributed by atoms with Crippen LogP contribution in [0.2, 0.25) is 0 Å². The van der Waals surface area contributed by atoms with E-state index in [9.17, 15) is 4.39 Å². The van der Waals surface area contributed by atoms with Crippen molar-refractivity contribution in [2.75, 3.05) is 31.6 Å². The zero-order chi connectivity index (χ0) is 21.5. The smallest absolute Gasteiger partial charge is 0.191 e. The molecule has 0 unspecified atom stereocenters. The number of halogens is 1. The van der Waals surface area contributed by atoms with Gasteiger partial charge in [-0.05, 0) is 31.7 Å². The maximum absolute atomic E-state index is 14.5. The molecule has 5 heterocycles. The van der Waals surface area contributed by atoms with Crippen molar-refractivity contribution in [1.82, 2.24) is 34.4 Å². The molecule has 1 aliphatic heterocycles. The molecule has 9 nitrogen and oxygen atoms in total. The number of rotatable bonds is 4. The molecule has 1 aliphatic carbocycles. The third-order valence-corrected chi connectivity index (χ3v) is 6.71. The van der Waals surface area contributed by atoms with Crippen LogP contribution < -0.4 is 5.32 Å². The number of morpholine rings is 1. The second-order valence-corrected chi connectivity index (χ2v) is 8.55. The fraction of sp³-hybridized carbons (Fsp3) is 0.455. The molecular formula is C22H25FN8O. The zero-order valence-corrected chi connectivity index (χ0v) is 17.7. The van der Waals surface area contributed by atoms with Crippen LogP contribution in [0.4, 0.5) is 10.2 Å². The Labute approximate surface area is 184 Å². The van der Waals surface area contributed by atoms with E-state index < -0.39 is 5.82 Å². The molecule has 0 radical (unpaired) electrons. The second-order valence-electron chi connectivity index (χ2n) is 8.55. The molecular weight excluding hydrogens is 411 g/mol. The summed E-state index contributed by atoms with van der Waals surface area (Å²) in [5.74, 6) is 0.363. The molecule has 0 aromatic carbocycles. The highest BCUT2D eigenvalue weighted by atomic mass is 19.1. The summed E-state index contributed by atoms with van der Waals surface area (Å²) in [4.78, 5) is 18.6. The van der Waals surface area contributed by atoms with Crippen molar-refractivity contribution in [3.05, 3.63) is 36.9 Å². The van der Waals surface area contributed by atoms with Crippen molar-refractivity contribution in [2.45, 2.75) is 37.8 Å². The molecule has 6 rings (SSSR count). The maximum Gasteiger partial charge on any atom is 0.191 e. The number of nitrogens with one attached hydrogen (secondary N) is 2. The van der Waals surface area contributed by atoms with Crippen molar-refractivity contribution < 1.29 is 9.13 Å². The molecule has 1 saturated heterocycles. The van der Waals surface area contributed by atoms with Crippen LogP contribution in [-0.4, -0.2) is 72.8 Å². The summed E-state index contributed by atoms with van der Waals surface area (Å²) in [7, 11) is 0. The second kappa shape index (κ2) is 8.10. The van der Waals surface area contributed by atoms with Gasteiger partial charge in [0, 0.05) is 48.7 Å². The number of hydrogen-bond acceptors (Lipinski definition) is 7. The van der Waals surface area contributed by atoms with Gasteiger partial charge < -0.3 is 15.0 Å². The highest BCUT2D eigenvalue weighted by molar-refractivity contribution is 6.00. The van der Waals surface area contributed by atoms with Gasteiger partial charge in [-0.15, -0.1) is 0 Å². The Morgan fingerprint density at radius 2 is 1.91 bits per heavy atom. The fourth-order valence-corrected chi connectivity index (χ4v) is 5.05. The maximum atomic E-state index is 14.5. The highest BCUT2D eigenvalue weighted by Crippen LogP contribution is 2.34. The first-order chi connectivity index (χ1) is 15.8. The third-order valence-electron chi connectivity index (χ3n) is 6.71. The van der Waals surface area contributed by atoms with E-state index in [1.54, 1.807) is 12.5 Å². The first kappa shape index (κ1) is 19.6. The molecule has 0 spiro atoms. The molecule has 0 atom stereocenters. The van der Waals surface area contributed by atoms with Crippen LogP contribution in [0.15, 0.2) is 31.1 Å². The van der Waals surface area contributed by atoms with E-state index in [-0.39, 0.29) is 5.65 Å². The predicted octanol–water partition coefficient (Wildman–Crippen LogP) is 2.86. The number of aromatic nitrogens is 6. The molecule has 32 heavy (non-hydrogen) atoms. The van der Waals surface area contributed by atoms with Gasteiger partial charge in [0.1, 0.15) is 24.1 Å². The van der Waals surface area contributed by atoms with Crippen molar-refractivity contribution in [2.24, 2.45) is 0 Å². The number of aromatic amines is 1. The third kappa shape index (κ3) is 3.49. The summed E-state index contributed by atoms with van der Waals surface area (Å²) in [6.45, 7) is 3.76. The summed E-state index contributed by atoms with van der Waals surface area (Å²) in [5, 5.41) is 8.60. The minimum Gasteiger partial charge on any atom is -0.379 e. The molecule has 1 saturated carbocycles. The molecule has 4 aromatic rings. The SMILES string of the molecule is Fc1cc(-c2c[nH]c3ncnc(N[C@H]4CC[C@H](N5CCOCC5)CC4)c23)cn2ncnc12. The number of anilines is 1. The predicted molar refractivity (Wildman–Crippen MR) is 118 cm³/mol. The Balaban J connectivity index is 1.26. The van der Waals surface area contributed by atoms with Crippen LogP contribution in [0, 0.1) is 5.82 Å². The van der Waals surface area contributed by atoms with E-state index in [0.717, 1.165) is 61.6 Å². The molecule has 0 bridgehead atoms. The van der Waals surface area contributed by atoms with E-state index in [0.29, 0.717) is 17.6 Å². The summed E-state index contributed by atoms with van der Waals surface area (Å²) in [6, 6.07) is 2.47. The molecule has 4 aromatic heterocycles. The number of fused-ring (bicyclic) bond motifs is 2. The normalized spacial score (nSPS) is 22.5. The largest absolute Gasteiger partial charge is 0.379 e. The van der Waals surface area contributed by atoms with Crippen LogP contribution in [0.3, 0.4) is 0 Å². The van der Waals surface area contributed by atoms with E-state index in [1.165, 1.54) is 29.8 Å². The summed E-state index contributed by atoms with van der Waals surface area (Å²) < 4.78 is 21.5. The Kier molecular flexibility index (Phi) is 4.95. The number of nitrogens with zero attached hydrogens (tertiary/aromatic N) is 6. The lowest BCUT2D eigenvalue weighted by molar-refractivity contribution is 0.00791. The first-order valence-corrected chi connectivity index (χ1v) is 11.2. The van der Waals surface area contributed by atoms with Gasteiger partial charge in [-0.2, -0.15) is 5.10 Å². The van der Waals surface area contributed by atoms with Crippen LogP contribution >= 0.6 is 0 Å². The van der Waals surface area contributed by atoms with E-state index >= 15 is 0 Å². The molecule has 2 N–H and O–H groups in total. The van der Waals surface area contributed by atoms with E-state index in [4.69, 9.17) is 4.74 Å². The number of ether oxygens (including phenoxy) is 1. The molecule has 0 amide bonds. The highest BCUT2D eigenvalue weighted by Gasteiger charge is 2.27. The van der Waals surface area contributed by atoms with Gasteiger partial charge in [0.2, 0.25) is 0 Å². The van der Waals surface area contributed by atoms with Crippen molar-refractivity contribution in [3.63, 3.8) is 0 Å². The zero-order valence-electron chi connectivity index (χ0n) is 17.7. The van der Waals surface area contributed by atoms with Gasteiger partial charge in [0.15, 0.2) is 11.5 Å². The van der Waals surface area contributed by atoms with Gasteiger partial charge in [0.05, 0.1) is 18.6 Å². The lowest BCUT2D eigenvalue weighted by atomic mass is 9.90. The van der Waals surface area contributed by atoms with Gasteiger partial charge in [0.25, 0.3) is 0 Å². The molecule has 2 fully saturated rings. The van der Waals surface area contributed by atoms with Gasteiger partial charge in [-0.3, -0.25) is 4.90 Å². The molecule has 10 heteroatoms. The average molecular weight is 436 g/mol. The number of H-pyrrole nitrogens is 1. The Hall–Kier alpha value is -3.11. The number of hydrogen-bond donors (Lipinski definition) is 2. The van der Waals surface area contributed by atoms with Gasteiger partial charge >= 0.3 is 0 Å². The summed E-state index contributed by atoms with van der Waals surface area (Å²) >= 11 is 0. The summed E-state index contributed by atoms with van der Waals surface area (Å²) in [6.07, 6.45) is 11.0. The monoisotopic (exact) mass is 436 g/mol. The van der Waals surface area contributed by atoms with Crippen LogP contribution in [0.25, 0.3) is 27.8 Å². The Bertz CT molecular complexity index is 1240. The lowest BCUT2D eigenvalue weighted by Gasteiger charge is -2.39. The Morgan fingerprint density at radius 3 is 2.75 bits per heavy atom. The topological polar surface area (TPSA) is 96.3 Å². The standard InChI is InChI=1S/C22H25FN8O/c23-18-9-14(11-31-22(18)27-13-28-31)17-10-24-20-19(17)21(26-12-25-20)29-15-1-3-16(4-2-15)30-5-7-32-8-6-30/h9-13,15-16H,1-8H2,(H2,24,25,26,29)/t15-,16-. The van der Waals surface area contributed by atoms with Crippen LogP contribution in [0.5, 0.6) is 0 Å². The minimum absolute atomic E-state index is 0.209. The molecule has 166 valence electrons. The van der Waals surface area contributed by atoms with Crippen LogP contribution in [-0.2, 0) is 4.74 Å². The summed E-state index contributed by atoms with van der Waals surface area (Å²) in [5.41, 5.74) is 2.46. The first-order valence-electron chi connectivity index (χ1n) is 11.2. The van der Waals surface area contributed by atoms with Crippen molar-refractivity contribution in [1.29, 1.82) is 0 Å². The fourth-order valence-electron chi connectivity index (χ4n) is 5.05. The average Bonchev–Trinajstić information content (AvgIpc) is 3.48. The van der Waals surface area contributed by atoms with E-state index in [1.807, 2.05) is 6.20 Å². The van der Waals surface area contributed by atoms with Gasteiger partial charge in [-0.25, -0.2) is 23.9 Å². The van der Waals surface area contributed by atoms with Gasteiger partial charge in [-0.1, -0.05) is 0 Å². The lowest BCUT2D eigenvalue weighted by Crippen LogP contribution is -2.46. The molecule has 2 aliphatic rings. The Morgan fingerprint density at radius 1 is 1.06 bits per heavy atom. The van der Waals surface area contributed by atoms with Crippen molar-refractivity contribution >= 4 is 22.5 Å². The van der Waals surface area contributed by atoms with Crippen molar-refractivity contribution in [3.8, 4) is 11.1 Å². The van der Waals surface area contributed by atoms with Crippen LogP contribution in [0.1, 0.15) is 25.7 Å². The quantitative estimate of drug-likeness (QED) is 0.508. The number of pyridine rings is 1. The van der Waals surface area contributed by atoms with E-state index in [2.05, 4.69) is 35.3 Å². The minimum atomic E-state index is -0.415.